The SMILES string of the molecule is CC(C)C[C@H](CN)NC1CCN(OC(=O)C(C)(C)C)CC1. The molecule has 21 heavy (non-hydrogen) atoms. The Hall–Kier alpha value is -0.650. The fourth-order valence-electron chi connectivity index (χ4n) is 2.50. The van der Waals surface area contributed by atoms with Gasteiger partial charge in [-0.05, 0) is 46.0 Å². The average Bonchev–Trinajstić information content (AvgIpc) is 2.38. The molecule has 0 bridgehead atoms. The van der Waals surface area contributed by atoms with Crippen LogP contribution in [0, 0.1) is 11.3 Å². The molecule has 0 saturated carbocycles. The molecule has 0 amide bonds. The first kappa shape index (κ1) is 18.4. The molecule has 0 aromatic rings. The Morgan fingerprint density at radius 3 is 2.33 bits per heavy atom. The number of nitrogens with two attached hydrogens (primary N) is 1. The lowest BCUT2D eigenvalue weighted by molar-refractivity contribution is -0.205. The van der Waals surface area contributed by atoms with Crippen molar-refractivity contribution in [3.05, 3.63) is 0 Å². The van der Waals surface area contributed by atoms with Gasteiger partial charge in [0.15, 0.2) is 0 Å². The molecule has 0 aromatic carbocycles. The molecule has 1 rings (SSSR count). The molecule has 0 unspecified atom stereocenters. The smallest absolute Gasteiger partial charge is 0.330 e. The molecule has 1 aliphatic heterocycles. The van der Waals surface area contributed by atoms with Crippen LogP contribution in [-0.4, -0.2) is 42.8 Å². The zero-order chi connectivity index (χ0) is 16.0. The van der Waals surface area contributed by atoms with Crippen LogP contribution < -0.4 is 11.1 Å². The minimum absolute atomic E-state index is 0.159. The van der Waals surface area contributed by atoms with Gasteiger partial charge in [-0.25, -0.2) is 4.79 Å². The minimum Gasteiger partial charge on any atom is -0.367 e. The van der Waals surface area contributed by atoms with E-state index in [0.29, 0.717) is 24.5 Å². The maximum Gasteiger partial charge on any atom is 0.330 e. The van der Waals surface area contributed by atoms with Crippen molar-refractivity contribution in [2.45, 2.75) is 66.0 Å². The lowest BCUT2D eigenvalue weighted by Crippen LogP contribution is -2.49. The van der Waals surface area contributed by atoms with Crippen molar-refractivity contribution in [1.29, 1.82) is 0 Å². The van der Waals surface area contributed by atoms with Crippen LogP contribution in [0.2, 0.25) is 0 Å². The predicted octanol–water partition coefficient (Wildman–Crippen LogP) is 1.92. The fourth-order valence-corrected chi connectivity index (χ4v) is 2.50. The Balaban J connectivity index is 2.33. The molecule has 0 spiro atoms. The van der Waals surface area contributed by atoms with E-state index < -0.39 is 5.41 Å². The number of hydrogen-bond donors (Lipinski definition) is 2. The molecule has 1 fully saturated rings. The molecule has 0 aromatic heterocycles. The van der Waals surface area contributed by atoms with Gasteiger partial charge in [-0.2, -0.15) is 0 Å². The quantitative estimate of drug-likeness (QED) is 0.784. The number of carbonyl (C=O) groups is 1. The lowest BCUT2D eigenvalue weighted by atomic mass is 9.97. The molecule has 1 aliphatic rings. The second-order valence-corrected chi connectivity index (χ2v) is 7.56. The number of carbonyl (C=O) groups excluding carboxylic acids is 1. The van der Waals surface area contributed by atoms with Crippen LogP contribution in [0.3, 0.4) is 0 Å². The van der Waals surface area contributed by atoms with Gasteiger partial charge in [0.05, 0.1) is 5.41 Å². The molecule has 5 heteroatoms. The second-order valence-electron chi connectivity index (χ2n) is 7.56. The topological polar surface area (TPSA) is 67.6 Å². The Morgan fingerprint density at radius 2 is 1.90 bits per heavy atom. The molecular formula is C16H33N3O2. The second kappa shape index (κ2) is 8.11. The summed E-state index contributed by atoms with van der Waals surface area (Å²) < 4.78 is 0. The minimum atomic E-state index is -0.447. The van der Waals surface area contributed by atoms with Crippen LogP contribution in [0.5, 0.6) is 0 Å². The number of piperidine rings is 1. The highest BCUT2D eigenvalue weighted by Crippen LogP contribution is 2.19. The number of nitrogens with zero attached hydrogens (tertiary/aromatic N) is 1. The van der Waals surface area contributed by atoms with Gasteiger partial charge < -0.3 is 15.9 Å². The van der Waals surface area contributed by atoms with Crippen molar-refractivity contribution in [3.63, 3.8) is 0 Å². The first-order chi connectivity index (χ1) is 9.72. The number of hydroxylamine groups is 2. The standard InChI is InChI=1S/C16H33N3O2/c1-12(2)10-14(11-17)18-13-6-8-19(9-7-13)21-15(20)16(3,4)5/h12-14,18H,6-11,17H2,1-5H3/t14-/m1/s1. The zero-order valence-corrected chi connectivity index (χ0v) is 14.3. The van der Waals surface area contributed by atoms with Crippen molar-refractivity contribution in [1.82, 2.24) is 10.4 Å². The molecule has 3 N–H and O–H groups in total. The summed E-state index contributed by atoms with van der Waals surface area (Å²) in [5.41, 5.74) is 5.39. The van der Waals surface area contributed by atoms with Gasteiger partial charge in [0.1, 0.15) is 0 Å². The van der Waals surface area contributed by atoms with Gasteiger partial charge in [0.2, 0.25) is 0 Å². The highest BCUT2D eigenvalue weighted by molar-refractivity contribution is 5.75. The van der Waals surface area contributed by atoms with Crippen LogP contribution in [0.1, 0.15) is 53.9 Å². The van der Waals surface area contributed by atoms with E-state index in [1.54, 1.807) is 5.06 Å². The van der Waals surface area contributed by atoms with Crippen LogP contribution in [-0.2, 0) is 9.63 Å². The van der Waals surface area contributed by atoms with Gasteiger partial charge >= 0.3 is 5.97 Å². The van der Waals surface area contributed by atoms with Crippen molar-refractivity contribution in [3.8, 4) is 0 Å². The van der Waals surface area contributed by atoms with Crippen LogP contribution in [0.15, 0.2) is 0 Å². The van der Waals surface area contributed by atoms with Crippen molar-refractivity contribution in [2.24, 2.45) is 17.1 Å². The molecule has 1 saturated heterocycles. The Morgan fingerprint density at radius 1 is 1.33 bits per heavy atom. The normalized spacial score (nSPS) is 19.8. The Labute approximate surface area is 129 Å². The fraction of sp³-hybridized carbons (Fsp3) is 0.938. The van der Waals surface area contributed by atoms with E-state index in [-0.39, 0.29) is 5.97 Å². The average molecular weight is 299 g/mol. The van der Waals surface area contributed by atoms with Crippen molar-refractivity contribution < 1.29 is 9.63 Å². The molecule has 0 aliphatic carbocycles. The molecule has 1 atom stereocenters. The van der Waals surface area contributed by atoms with Crippen LogP contribution in [0.4, 0.5) is 0 Å². The van der Waals surface area contributed by atoms with Gasteiger partial charge in [-0.15, -0.1) is 5.06 Å². The summed E-state index contributed by atoms with van der Waals surface area (Å²) in [4.78, 5) is 17.3. The van der Waals surface area contributed by atoms with Gasteiger partial charge in [-0.1, -0.05) is 13.8 Å². The maximum atomic E-state index is 11.9. The number of rotatable bonds is 6. The van der Waals surface area contributed by atoms with E-state index in [4.69, 9.17) is 10.6 Å². The Kier molecular flexibility index (Phi) is 7.10. The summed E-state index contributed by atoms with van der Waals surface area (Å²) in [5.74, 6) is 0.493. The van der Waals surface area contributed by atoms with E-state index in [2.05, 4.69) is 19.2 Å². The molecule has 124 valence electrons. The third kappa shape index (κ3) is 6.76. The van der Waals surface area contributed by atoms with E-state index in [1.165, 1.54) is 0 Å². The molecule has 5 nitrogen and oxygen atoms in total. The van der Waals surface area contributed by atoms with Gasteiger partial charge in [0, 0.05) is 31.7 Å². The van der Waals surface area contributed by atoms with Crippen molar-refractivity contribution in [2.75, 3.05) is 19.6 Å². The predicted molar refractivity (Wildman–Crippen MR) is 85.6 cm³/mol. The van der Waals surface area contributed by atoms with E-state index in [1.807, 2.05) is 20.8 Å². The number of hydrogen-bond acceptors (Lipinski definition) is 5. The summed E-state index contributed by atoms with van der Waals surface area (Å²) in [6, 6.07) is 0.862. The summed E-state index contributed by atoms with van der Waals surface area (Å²) in [6.45, 7) is 12.3. The largest absolute Gasteiger partial charge is 0.367 e. The van der Waals surface area contributed by atoms with E-state index in [0.717, 1.165) is 32.4 Å². The zero-order valence-electron chi connectivity index (χ0n) is 14.3. The van der Waals surface area contributed by atoms with Crippen molar-refractivity contribution >= 4 is 5.97 Å². The highest BCUT2D eigenvalue weighted by atomic mass is 16.7. The molecule has 0 radical (unpaired) electrons. The van der Waals surface area contributed by atoms with Crippen LogP contribution in [0.25, 0.3) is 0 Å². The maximum absolute atomic E-state index is 11.9. The monoisotopic (exact) mass is 299 g/mol. The number of nitrogens with one attached hydrogen (secondary N) is 1. The third-order valence-corrected chi connectivity index (χ3v) is 3.79. The van der Waals surface area contributed by atoms with Gasteiger partial charge in [-0.3, -0.25) is 0 Å². The Bertz CT molecular complexity index is 318. The van der Waals surface area contributed by atoms with Gasteiger partial charge in [0.25, 0.3) is 0 Å². The highest BCUT2D eigenvalue weighted by Gasteiger charge is 2.28. The van der Waals surface area contributed by atoms with E-state index in [9.17, 15) is 4.79 Å². The third-order valence-electron chi connectivity index (χ3n) is 3.79. The summed E-state index contributed by atoms with van der Waals surface area (Å²) in [5, 5.41) is 5.45. The van der Waals surface area contributed by atoms with E-state index >= 15 is 0 Å². The van der Waals surface area contributed by atoms with Crippen LogP contribution >= 0.6 is 0 Å². The molecule has 1 heterocycles. The first-order valence-corrected chi connectivity index (χ1v) is 8.15. The molecular weight excluding hydrogens is 266 g/mol. The first-order valence-electron chi connectivity index (χ1n) is 8.15. The lowest BCUT2D eigenvalue weighted by Gasteiger charge is -2.34. The summed E-state index contributed by atoms with van der Waals surface area (Å²) in [6.07, 6.45) is 3.09. The summed E-state index contributed by atoms with van der Waals surface area (Å²) in [7, 11) is 0. The summed E-state index contributed by atoms with van der Waals surface area (Å²) >= 11 is 0.